The summed E-state index contributed by atoms with van der Waals surface area (Å²) in [5.41, 5.74) is 2.13. The van der Waals surface area contributed by atoms with Crippen molar-refractivity contribution in [2.75, 3.05) is 0 Å². The van der Waals surface area contributed by atoms with Crippen molar-refractivity contribution >= 4 is 5.97 Å². The molecule has 2 N–H and O–H groups in total. The van der Waals surface area contributed by atoms with E-state index in [2.05, 4.69) is 35.6 Å². The Morgan fingerprint density at radius 1 is 1.63 bits per heavy atom. The van der Waals surface area contributed by atoms with E-state index in [1.54, 1.807) is 0 Å². The van der Waals surface area contributed by atoms with E-state index in [0.717, 1.165) is 30.8 Å². The Morgan fingerprint density at radius 2 is 2.37 bits per heavy atom. The van der Waals surface area contributed by atoms with E-state index in [-0.39, 0.29) is 6.04 Å². The van der Waals surface area contributed by atoms with Crippen molar-refractivity contribution < 1.29 is 9.90 Å². The summed E-state index contributed by atoms with van der Waals surface area (Å²) in [7, 11) is 0. The predicted molar refractivity (Wildman–Crippen MR) is 73.0 cm³/mol. The molecule has 1 aromatic heterocycles. The van der Waals surface area contributed by atoms with Crippen LogP contribution in [0.5, 0.6) is 0 Å². The van der Waals surface area contributed by atoms with Gasteiger partial charge in [-0.1, -0.05) is 27.2 Å². The highest BCUT2D eigenvalue weighted by molar-refractivity contribution is 5.74. The van der Waals surface area contributed by atoms with Crippen molar-refractivity contribution in [3.63, 3.8) is 0 Å². The number of rotatable bonds is 5. The van der Waals surface area contributed by atoms with Crippen LogP contribution < -0.4 is 5.32 Å². The normalized spacial score (nSPS) is 22.5. The van der Waals surface area contributed by atoms with Crippen molar-refractivity contribution in [1.29, 1.82) is 0 Å². The van der Waals surface area contributed by atoms with E-state index in [1.165, 1.54) is 0 Å². The van der Waals surface area contributed by atoms with Crippen molar-refractivity contribution in [2.45, 2.75) is 58.7 Å². The van der Waals surface area contributed by atoms with Gasteiger partial charge in [0.1, 0.15) is 6.04 Å². The summed E-state index contributed by atoms with van der Waals surface area (Å²) in [6.45, 7) is 7.27. The molecule has 106 valence electrons. The number of unbranched alkanes of at least 4 members (excludes halogenated alkanes) is 1. The smallest absolute Gasteiger partial charge is 0.321 e. The Balaban J connectivity index is 2.30. The largest absolute Gasteiger partial charge is 0.480 e. The quantitative estimate of drug-likeness (QED) is 0.854. The van der Waals surface area contributed by atoms with Crippen LogP contribution in [0.25, 0.3) is 0 Å². The summed E-state index contributed by atoms with van der Waals surface area (Å²) in [4.78, 5) is 15.8. The van der Waals surface area contributed by atoms with Gasteiger partial charge in [0.25, 0.3) is 0 Å². The molecule has 0 aromatic carbocycles. The van der Waals surface area contributed by atoms with Crippen LogP contribution in [-0.4, -0.2) is 26.7 Å². The fraction of sp³-hybridized carbons (Fsp3) is 0.714. The average Bonchev–Trinajstić information content (AvgIpc) is 2.77. The van der Waals surface area contributed by atoms with E-state index in [4.69, 9.17) is 0 Å². The lowest BCUT2D eigenvalue weighted by Gasteiger charge is -2.31. The number of aromatic nitrogens is 2. The van der Waals surface area contributed by atoms with E-state index in [1.807, 2.05) is 6.33 Å². The summed E-state index contributed by atoms with van der Waals surface area (Å²) in [6, 6.07) is -0.468. The lowest BCUT2D eigenvalue weighted by atomic mass is 9.91. The van der Waals surface area contributed by atoms with Gasteiger partial charge in [-0.2, -0.15) is 0 Å². The Morgan fingerprint density at radius 3 is 2.95 bits per heavy atom. The molecule has 1 aliphatic heterocycles. The molecule has 2 unspecified atom stereocenters. The van der Waals surface area contributed by atoms with Crippen molar-refractivity contribution in [1.82, 2.24) is 14.9 Å². The van der Waals surface area contributed by atoms with E-state index >= 15 is 0 Å². The minimum atomic E-state index is -0.778. The van der Waals surface area contributed by atoms with Gasteiger partial charge in [-0.25, -0.2) is 4.98 Å². The summed E-state index contributed by atoms with van der Waals surface area (Å²) in [5, 5.41) is 12.5. The third-order valence-electron chi connectivity index (χ3n) is 3.77. The highest BCUT2D eigenvalue weighted by Gasteiger charge is 2.34. The number of hydrogen-bond donors (Lipinski definition) is 2. The standard InChI is InChI=1S/C14H23N3O2/c1-4-5-6-17-8-15-13-11(17)7-10(14(18)19)16-12(13)9(2)3/h8-10,12,16H,4-7H2,1-3H3,(H,18,19). The van der Waals surface area contributed by atoms with Crippen LogP contribution in [0, 0.1) is 5.92 Å². The molecule has 19 heavy (non-hydrogen) atoms. The van der Waals surface area contributed by atoms with Crippen LogP contribution in [0.4, 0.5) is 0 Å². The SMILES string of the molecule is CCCCn1cnc2c1CC(C(=O)O)NC2C(C)C. The molecule has 2 atom stereocenters. The topological polar surface area (TPSA) is 67.2 Å². The maximum Gasteiger partial charge on any atom is 0.321 e. The predicted octanol–water partition coefficient (Wildman–Crippen LogP) is 1.98. The Bertz CT molecular complexity index is 454. The molecule has 5 nitrogen and oxygen atoms in total. The molecule has 0 bridgehead atoms. The first-order valence-corrected chi connectivity index (χ1v) is 7.07. The zero-order chi connectivity index (χ0) is 14.0. The van der Waals surface area contributed by atoms with Crippen LogP contribution in [0.3, 0.4) is 0 Å². The van der Waals surface area contributed by atoms with Gasteiger partial charge in [0.15, 0.2) is 0 Å². The fourth-order valence-electron chi connectivity index (χ4n) is 2.64. The molecular formula is C14H23N3O2. The van der Waals surface area contributed by atoms with Crippen LogP contribution >= 0.6 is 0 Å². The van der Waals surface area contributed by atoms with Gasteiger partial charge in [0, 0.05) is 18.7 Å². The van der Waals surface area contributed by atoms with Crippen molar-refractivity contribution in [3.8, 4) is 0 Å². The molecule has 1 aliphatic rings. The number of aliphatic carboxylic acids is 1. The highest BCUT2D eigenvalue weighted by atomic mass is 16.4. The van der Waals surface area contributed by atoms with E-state index in [0.29, 0.717) is 12.3 Å². The van der Waals surface area contributed by atoms with E-state index in [9.17, 15) is 9.90 Å². The number of carboxylic acids is 1. The molecule has 0 fully saturated rings. The fourth-order valence-corrected chi connectivity index (χ4v) is 2.64. The number of aryl methyl sites for hydroxylation is 1. The Kier molecular flexibility index (Phi) is 4.24. The molecule has 1 aromatic rings. The molecule has 0 spiro atoms. The number of hydrogen-bond acceptors (Lipinski definition) is 3. The molecule has 2 rings (SSSR count). The maximum absolute atomic E-state index is 11.3. The van der Waals surface area contributed by atoms with Gasteiger partial charge in [-0.15, -0.1) is 0 Å². The minimum Gasteiger partial charge on any atom is -0.480 e. The molecule has 0 aliphatic carbocycles. The Labute approximate surface area is 114 Å². The number of imidazole rings is 1. The summed E-state index contributed by atoms with van der Waals surface area (Å²) in [6.07, 6.45) is 4.61. The van der Waals surface area contributed by atoms with Gasteiger partial charge in [0.05, 0.1) is 18.1 Å². The zero-order valence-corrected chi connectivity index (χ0v) is 11.9. The number of carbonyl (C=O) groups is 1. The molecule has 5 heteroatoms. The second kappa shape index (κ2) is 5.74. The molecule has 0 radical (unpaired) electrons. The first-order valence-electron chi connectivity index (χ1n) is 7.07. The third kappa shape index (κ3) is 2.81. The number of fused-ring (bicyclic) bond motifs is 1. The number of nitrogens with zero attached hydrogens (tertiary/aromatic N) is 2. The molecule has 2 heterocycles. The molecule has 0 saturated heterocycles. The third-order valence-corrected chi connectivity index (χ3v) is 3.77. The highest BCUT2D eigenvalue weighted by Crippen LogP contribution is 2.29. The number of nitrogens with one attached hydrogen (secondary N) is 1. The maximum atomic E-state index is 11.3. The molecular weight excluding hydrogens is 242 g/mol. The second-order valence-electron chi connectivity index (χ2n) is 5.61. The van der Waals surface area contributed by atoms with Gasteiger partial charge in [-0.05, 0) is 12.3 Å². The zero-order valence-electron chi connectivity index (χ0n) is 11.9. The summed E-state index contributed by atoms with van der Waals surface area (Å²) < 4.78 is 2.13. The number of carboxylic acid groups (broad SMARTS) is 1. The lowest BCUT2D eigenvalue weighted by molar-refractivity contribution is -0.140. The Hall–Kier alpha value is -1.36. The summed E-state index contributed by atoms with van der Waals surface area (Å²) in [5.74, 6) is -0.449. The van der Waals surface area contributed by atoms with Crippen molar-refractivity contribution in [2.24, 2.45) is 5.92 Å². The first kappa shape index (κ1) is 14.1. The van der Waals surface area contributed by atoms with Crippen LogP contribution in [0.2, 0.25) is 0 Å². The lowest BCUT2D eigenvalue weighted by Crippen LogP contribution is -2.46. The van der Waals surface area contributed by atoms with Gasteiger partial charge in [-0.3, -0.25) is 10.1 Å². The van der Waals surface area contributed by atoms with Crippen LogP contribution in [0.15, 0.2) is 6.33 Å². The van der Waals surface area contributed by atoms with Gasteiger partial charge >= 0.3 is 5.97 Å². The van der Waals surface area contributed by atoms with Gasteiger partial charge < -0.3 is 9.67 Å². The summed E-state index contributed by atoms with van der Waals surface area (Å²) >= 11 is 0. The second-order valence-corrected chi connectivity index (χ2v) is 5.61. The van der Waals surface area contributed by atoms with Crippen LogP contribution in [-0.2, 0) is 17.8 Å². The van der Waals surface area contributed by atoms with Gasteiger partial charge in [0.2, 0.25) is 0 Å². The molecule has 0 amide bonds. The van der Waals surface area contributed by atoms with Crippen molar-refractivity contribution in [3.05, 3.63) is 17.7 Å². The van der Waals surface area contributed by atoms with Crippen LogP contribution in [0.1, 0.15) is 51.0 Å². The first-order chi connectivity index (χ1) is 9.04. The molecule has 0 saturated carbocycles. The monoisotopic (exact) mass is 265 g/mol. The minimum absolute atomic E-state index is 0.0349. The van der Waals surface area contributed by atoms with E-state index < -0.39 is 12.0 Å². The average molecular weight is 265 g/mol.